The van der Waals surface area contributed by atoms with Gasteiger partial charge in [-0.05, 0) is 0 Å². The summed E-state index contributed by atoms with van der Waals surface area (Å²) in [7, 11) is 1.10. The molecule has 0 atom stereocenters. The molecular weight excluding hydrogens is 108 g/mol. The van der Waals surface area contributed by atoms with Gasteiger partial charge in [0.1, 0.15) is 0 Å². The van der Waals surface area contributed by atoms with Crippen LogP contribution >= 0.6 is 0 Å². The predicted octanol–water partition coefficient (Wildman–Crippen LogP) is 1.48. The number of hydrogen-bond donors (Lipinski definition) is 1. The molecule has 0 saturated heterocycles. The van der Waals surface area contributed by atoms with Gasteiger partial charge in [-0.2, -0.15) is 0 Å². The highest BCUT2D eigenvalue weighted by molar-refractivity contribution is 5.56. The summed E-state index contributed by atoms with van der Waals surface area (Å²) in [5.74, 6) is 0. The lowest BCUT2D eigenvalue weighted by Crippen LogP contribution is -1.91. The van der Waals surface area contributed by atoms with Crippen molar-refractivity contribution >= 4 is 6.16 Å². The van der Waals surface area contributed by atoms with Crippen molar-refractivity contribution in [3.05, 3.63) is 0 Å². The summed E-state index contributed by atoms with van der Waals surface area (Å²) in [5, 5.41) is 7.50. The Bertz CT molecular complexity index is 65.3. The monoisotopic (exact) mass is 118 g/mol. The van der Waals surface area contributed by atoms with Gasteiger partial charge in [-0.15, -0.1) is 0 Å². The van der Waals surface area contributed by atoms with Crippen LogP contribution in [0.2, 0.25) is 0 Å². The zero-order chi connectivity index (χ0) is 6.41. The van der Waals surface area contributed by atoms with E-state index in [1.165, 1.54) is 19.3 Å². The number of rotatable bonds is 0. The van der Waals surface area contributed by atoms with E-state index in [4.69, 9.17) is 9.90 Å². The maximum absolute atomic E-state index is 9.15. The molecule has 0 aliphatic heterocycles. The van der Waals surface area contributed by atoms with E-state index < -0.39 is 6.16 Å². The van der Waals surface area contributed by atoms with Crippen molar-refractivity contribution in [1.29, 1.82) is 0 Å². The second-order valence-electron chi connectivity index (χ2n) is 1.53. The first kappa shape index (κ1) is 7.27. The molecule has 48 valence electrons. The fourth-order valence-corrected chi connectivity index (χ4v) is 0. The quantitative estimate of drug-likeness (QED) is 0.490. The first-order chi connectivity index (χ1) is 3.77. The zero-order valence-corrected chi connectivity index (χ0v) is 4.89. The van der Waals surface area contributed by atoms with Crippen LogP contribution in [-0.4, -0.2) is 18.4 Å². The van der Waals surface area contributed by atoms with Crippen LogP contribution in [0.5, 0.6) is 0 Å². The van der Waals surface area contributed by atoms with Crippen molar-refractivity contribution in [2.24, 2.45) is 0 Å². The molecule has 1 N–H and O–H groups in total. The molecule has 0 aromatic carbocycles. The highest BCUT2D eigenvalue weighted by Crippen LogP contribution is 2.14. The Balaban J connectivity index is 0.000000135. The Morgan fingerprint density at radius 1 is 1.50 bits per heavy atom. The van der Waals surface area contributed by atoms with Gasteiger partial charge < -0.3 is 9.84 Å². The van der Waals surface area contributed by atoms with E-state index >= 15 is 0 Å². The Kier molecular flexibility index (Phi) is 4.03. The molecule has 0 unspecified atom stereocenters. The lowest BCUT2D eigenvalue weighted by Gasteiger charge is -1.79. The molecule has 0 aromatic heterocycles. The number of ether oxygens (including phenoxy) is 1. The normalized spacial score (nSPS) is 13.1. The molecule has 1 rings (SSSR count). The van der Waals surface area contributed by atoms with Crippen molar-refractivity contribution in [2.45, 2.75) is 19.3 Å². The average Bonchev–Trinajstić information content (AvgIpc) is 2.48. The summed E-state index contributed by atoms with van der Waals surface area (Å²) >= 11 is 0. The van der Waals surface area contributed by atoms with Gasteiger partial charge in [-0.3, -0.25) is 0 Å². The molecule has 8 heavy (non-hydrogen) atoms. The van der Waals surface area contributed by atoms with Crippen molar-refractivity contribution in [1.82, 2.24) is 0 Å². The van der Waals surface area contributed by atoms with Crippen LogP contribution in [-0.2, 0) is 4.74 Å². The van der Waals surface area contributed by atoms with Crippen molar-refractivity contribution in [3.63, 3.8) is 0 Å². The minimum absolute atomic E-state index is 1.10. The average molecular weight is 118 g/mol. The van der Waals surface area contributed by atoms with Crippen LogP contribution in [0.4, 0.5) is 4.79 Å². The second-order valence-corrected chi connectivity index (χ2v) is 1.53. The molecule has 1 saturated carbocycles. The maximum atomic E-state index is 9.15. The molecule has 0 radical (unpaired) electrons. The van der Waals surface area contributed by atoms with E-state index in [9.17, 15) is 0 Å². The molecular formula is C5H10O3. The SMILES string of the molecule is C1CC1.COC(=O)O. The number of methoxy groups -OCH3 is 1. The highest BCUT2D eigenvalue weighted by Gasteiger charge is 1.95. The summed E-state index contributed by atoms with van der Waals surface area (Å²) in [4.78, 5) is 9.15. The van der Waals surface area contributed by atoms with Crippen molar-refractivity contribution < 1.29 is 14.6 Å². The molecule has 0 spiro atoms. The van der Waals surface area contributed by atoms with Gasteiger partial charge in [0.15, 0.2) is 0 Å². The van der Waals surface area contributed by atoms with Crippen molar-refractivity contribution in [3.8, 4) is 0 Å². The van der Waals surface area contributed by atoms with Crippen LogP contribution in [0.15, 0.2) is 0 Å². The minimum Gasteiger partial charge on any atom is -0.450 e. The van der Waals surface area contributed by atoms with E-state index in [0.717, 1.165) is 7.11 Å². The van der Waals surface area contributed by atoms with E-state index in [1.807, 2.05) is 0 Å². The third-order valence-corrected chi connectivity index (χ3v) is 0.528. The first-order valence-corrected chi connectivity index (χ1v) is 2.54. The van der Waals surface area contributed by atoms with Gasteiger partial charge >= 0.3 is 6.16 Å². The van der Waals surface area contributed by atoms with E-state index in [-0.39, 0.29) is 0 Å². The maximum Gasteiger partial charge on any atom is 0.505 e. The van der Waals surface area contributed by atoms with Gasteiger partial charge in [-0.1, -0.05) is 19.3 Å². The van der Waals surface area contributed by atoms with Gasteiger partial charge in [0.2, 0.25) is 0 Å². The van der Waals surface area contributed by atoms with Crippen LogP contribution in [0, 0.1) is 0 Å². The molecule has 0 aromatic rings. The smallest absolute Gasteiger partial charge is 0.450 e. The Labute approximate surface area is 48.3 Å². The molecule has 0 amide bonds. The van der Waals surface area contributed by atoms with Gasteiger partial charge in [-0.25, -0.2) is 4.79 Å². The Morgan fingerprint density at radius 2 is 1.75 bits per heavy atom. The molecule has 0 heterocycles. The summed E-state index contributed by atoms with van der Waals surface area (Å²) < 4.78 is 3.67. The predicted molar refractivity (Wildman–Crippen MR) is 28.9 cm³/mol. The fraction of sp³-hybridized carbons (Fsp3) is 0.800. The van der Waals surface area contributed by atoms with E-state index in [1.54, 1.807) is 0 Å². The van der Waals surface area contributed by atoms with Crippen LogP contribution in [0.1, 0.15) is 19.3 Å². The van der Waals surface area contributed by atoms with E-state index in [0.29, 0.717) is 0 Å². The van der Waals surface area contributed by atoms with Gasteiger partial charge in [0.25, 0.3) is 0 Å². The summed E-state index contributed by atoms with van der Waals surface area (Å²) in [6, 6.07) is 0. The zero-order valence-electron chi connectivity index (χ0n) is 4.89. The molecule has 1 aliphatic rings. The number of hydrogen-bond acceptors (Lipinski definition) is 2. The lowest BCUT2D eigenvalue weighted by atomic mass is 11.0. The topological polar surface area (TPSA) is 46.5 Å². The van der Waals surface area contributed by atoms with E-state index in [2.05, 4.69) is 4.74 Å². The van der Waals surface area contributed by atoms with Gasteiger partial charge in [0.05, 0.1) is 7.11 Å². The molecule has 0 bridgehead atoms. The second kappa shape index (κ2) is 4.43. The summed E-state index contributed by atoms with van der Waals surface area (Å²) in [6.07, 6.45) is 3.25. The van der Waals surface area contributed by atoms with Gasteiger partial charge in [0, 0.05) is 0 Å². The third kappa shape index (κ3) is 18.6. The summed E-state index contributed by atoms with van der Waals surface area (Å²) in [5.41, 5.74) is 0. The number of carboxylic acid groups (broad SMARTS) is 1. The molecule has 1 aliphatic carbocycles. The van der Waals surface area contributed by atoms with Crippen LogP contribution in [0.25, 0.3) is 0 Å². The highest BCUT2D eigenvalue weighted by atomic mass is 16.6. The Morgan fingerprint density at radius 3 is 1.75 bits per heavy atom. The van der Waals surface area contributed by atoms with Crippen molar-refractivity contribution in [2.75, 3.05) is 7.11 Å². The lowest BCUT2D eigenvalue weighted by molar-refractivity contribution is 0.114. The molecule has 3 nitrogen and oxygen atoms in total. The van der Waals surface area contributed by atoms with Crippen LogP contribution < -0.4 is 0 Å². The van der Waals surface area contributed by atoms with Crippen LogP contribution in [0.3, 0.4) is 0 Å². The Hall–Kier alpha value is -0.730. The third-order valence-electron chi connectivity index (χ3n) is 0.528. The largest absolute Gasteiger partial charge is 0.505 e. The first-order valence-electron chi connectivity index (χ1n) is 2.54. The summed E-state index contributed by atoms with van der Waals surface area (Å²) in [6.45, 7) is 0. The molecule has 1 fully saturated rings. The molecule has 3 heteroatoms. The minimum atomic E-state index is -1.25. The standard InChI is InChI=1S/C3H6.C2H4O3/c1-2-3-1;1-5-2(3)4/h1-3H2;1H3,(H,3,4). The number of carbonyl (C=O) groups is 1. The fourth-order valence-electron chi connectivity index (χ4n) is 0.